The van der Waals surface area contributed by atoms with Gasteiger partial charge in [-0.1, -0.05) is 12.8 Å². The molecule has 8 heteroatoms. The van der Waals surface area contributed by atoms with Gasteiger partial charge in [0.15, 0.2) is 0 Å². The zero-order valence-corrected chi connectivity index (χ0v) is 16.4. The summed E-state index contributed by atoms with van der Waals surface area (Å²) < 4.78 is 50.0. The number of ether oxygens (including phenoxy) is 1. The number of aryl methyl sites for hydroxylation is 1. The van der Waals surface area contributed by atoms with E-state index in [4.69, 9.17) is 9.15 Å². The minimum Gasteiger partial charge on any atom is -0.497 e. The van der Waals surface area contributed by atoms with E-state index in [0.717, 1.165) is 5.39 Å². The van der Waals surface area contributed by atoms with Gasteiger partial charge in [0.25, 0.3) is 0 Å². The van der Waals surface area contributed by atoms with E-state index in [1.165, 1.54) is 7.11 Å². The highest BCUT2D eigenvalue weighted by Crippen LogP contribution is 2.37. The number of amides is 1. The summed E-state index contributed by atoms with van der Waals surface area (Å²) in [6.07, 6.45) is -2.78. The van der Waals surface area contributed by atoms with Gasteiger partial charge in [0, 0.05) is 29.5 Å². The fourth-order valence-electron chi connectivity index (χ4n) is 4.00. The Labute approximate surface area is 166 Å². The van der Waals surface area contributed by atoms with Crippen LogP contribution in [0.25, 0.3) is 11.0 Å². The van der Waals surface area contributed by atoms with Crippen molar-refractivity contribution < 1.29 is 27.1 Å². The lowest BCUT2D eigenvalue weighted by Crippen LogP contribution is -2.47. The molecule has 5 nitrogen and oxygen atoms in total. The maximum absolute atomic E-state index is 13.2. The van der Waals surface area contributed by atoms with Gasteiger partial charge in [0.1, 0.15) is 11.3 Å². The lowest BCUT2D eigenvalue weighted by molar-refractivity contribution is -0.189. The number of fused-ring (bicyclic) bond motifs is 1. The maximum atomic E-state index is 13.2. The number of alkyl halides is 3. The molecule has 0 radical (unpaired) electrons. The molecule has 158 valence electrons. The highest BCUT2D eigenvalue weighted by molar-refractivity contribution is 5.82. The van der Waals surface area contributed by atoms with E-state index in [2.05, 4.69) is 5.32 Å². The smallest absolute Gasteiger partial charge is 0.393 e. The van der Waals surface area contributed by atoms with Crippen LogP contribution in [0.1, 0.15) is 43.2 Å². The molecule has 0 aliphatic heterocycles. The van der Waals surface area contributed by atoms with Gasteiger partial charge >= 0.3 is 11.8 Å². The minimum absolute atomic E-state index is 0.0330. The summed E-state index contributed by atoms with van der Waals surface area (Å²) in [6, 6.07) is 4.22. The van der Waals surface area contributed by atoms with E-state index in [9.17, 15) is 22.8 Å². The number of hydrogen-bond donors (Lipinski definition) is 1. The molecule has 1 fully saturated rings. The number of nitrogens with one attached hydrogen (secondary N) is 1. The van der Waals surface area contributed by atoms with Gasteiger partial charge in [-0.05, 0) is 43.9 Å². The second-order valence-corrected chi connectivity index (χ2v) is 7.46. The Kier molecular flexibility index (Phi) is 6.19. The second-order valence-electron chi connectivity index (χ2n) is 7.46. The molecular formula is C21H24F3NO4. The summed E-state index contributed by atoms with van der Waals surface area (Å²) in [5.74, 6) is -1.44. The van der Waals surface area contributed by atoms with Crippen molar-refractivity contribution >= 4 is 16.9 Å². The number of halogens is 3. The highest BCUT2D eigenvalue weighted by atomic mass is 19.4. The normalized spacial score (nSPS) is 19.9. The Balaban J connectivity index is 1.71. The van der Waals surface area contributed by atoms with Crippen molar-refractivity contribution in [3.05, 3.63) is 39.7 Å². The summed E-state index contributed by atoms with van der Waals surface area (Å²) in [4.78, 5) is 24.7. The molecular weight excluding hydrogens is 387 g/mol. The van der Waals surface area contributed by atoms with Crippen LogP contribution >= 0.6 is 0 Å². The molecule has 1 N–H and O–H groups in total. The van der Waals surface area contributed by atoms with Crippen molar-refractivity contribution in [2.24, 2.45) is 5.92 Å². The van der Waals surface area contributed by atoms with Crippen LogP contribution in [0.4, 0.5) is 13.2 Å². The van der Waals surface area contributed by atoms with Crippen LogP contribution < -0.4 is 15.7 Å². The largest absolute Gasteiger partial charge is 0.497 e. The Morgan fingerprint density at radius 2 is 2.00 bits per heavy atom. The van der Waals surface area contributed by atoms with Crippen LogP contribution in [-0.2, 0) is 11.2 Å². The first-order valence-corrected chi connectivity index (χ1v) is 9.67. The first-order chi connectivity index (χ1) is 13.7. The lowest BCUT2D eigenvalue weighted by Gasteiger charge is -2.33. The predicted molar refractivity (Wildman–Crippen MR) is 102 cm³/mol. The van der Waals surface area contributed by atoms with E-state index < -0.39 is 29.7 Å². The van der Waals surface area contributed by atoms with Gasteiger partial charge in [-0.25, -0.2) is 4.79 Å². The van der Waals surface area contributed by atoms with Crippen LogP contribution in [0.15, 0.2) is 27.4 Å². The third-order valence-corrected chi connectivity index (χ3v) is 5.63. The highest BCUT2D eigenvalue weighted by Gasteiger charge is 2.45. The molecule has 0 saturated heterocycles. The number of methoxy groups -OCH3 is 1. The molecule has 1 amide bonds. The topological polar surface area (TPSA) is 68.5 Å². The number of carbonyl (C=O) groups excluding carboxylic acids is 1. The fraction of sp³-hybridized carbons (Fsp3) is 0.524. The van der Waals surface area contributed by atoms with E-state index in [-0.39, 0.29) is 19.3 Å². The Hall–Kier alpha value is -2.51. The van der Waals surface area contributed by atoms with E-state index in [0.29, 0.717) is 41.7 Å². The molecule has 2 atom stereocenters. The van der Waals surface area contributed by atoms with Crippen molar-refractivity contribution in [1.82, 2.24) is 5.32 Å². The Morgan fingerprint density at radius 3 is 2.69 bits per heavy atom. The monoisotopic (exact) mass is 411 g/mol. The van der Waals surface area contributed by atoms with Crippen molar-refractivity contribution in [2.75, 3.05) is 7.11 Å². The van der Waals surface area contributed by atoms with Crippen molar-refractivity contribution in [3.8, 4) is 5.75 Å². The van der Waals surface area contributed by atoms with E-state index in [1.807, 2.05) is 0 Å². The molecule has 0 bridgehead atoms. The van der Waals surface area contributed by atoms with Gasteiger partial charge in [0.2, 0.25) is 5.91 Å². The van der Waals surface area contributed by atoms with Gasteiger partial charge in [-0.3, -0.25) is 4.79 Å². The summed E-state index contributed by atoms with van der Waals surface area (Å²) in [6.45, 7) is 1.76. The van der Waals surface area contributed by atoms with Crippen LogP contribution in [0.3, 0.4) is 0 Å². The first-order valence-electron chi connectivity index (χ1n) is 9.67. The number of hydrogen-bond acceptors (Lipinski definition) is 4. The van der Waals surface area contributed by atoms with Crippen molar-refractivity contribution in [3.63, 3.8) is 0 Å². The molecule has 3 rings (SSSR count). The summed E-state index contributed by atoms with van der Waals surface area (Å²) in [5, 5.41) is 3.26. The molecule has 1 aromatic carbocycles. The van der Waals surface area contributed by atoms with E-state index in [1.54, 1.807) is 25.1 Å². The zero-order valence-electron chi connectivity index (χ0n) is 16.4. The molecule has 1 saturated carbocycles. The van der Waals surface area contributed by atoms with Gasteiger partial charge in [-0.2, -0.15) is 13.2 Å². The van der Waals surface area contributed by atoms with E-state index >= 15 is 0 Å². The van der Waals surface area contributed by atoms with Gasteiger partial charge < -0.3 is 14.5 Å². The molecule has 1 aromatic heterocycles. The van der Waals surface area contributed by atoms with Crippen molar-refractivity contribution in [1.29, 1.82) is 0 Å². The van der Waals surface area contributed by atoms with Gasteiger partial charge in [-0.15, -0.1) is 0 Å². The lowest BCUT2D eigenvalue weighted by atomic mass is 9.84. The van der Waals surface area contributed by atoms with Crippen LogP contribution in [0.5, 0.6) is 5.75 Å². The third-order valence-electron chi connectivity index (χ3n) is 5.63. The predicted octanol–water partition coefficient (Wildman–Crippen LogP) is 4.28. The Morgan fingerprint density at radius 1 is 1.28 bits per heavy atom. The Bertz CT molecular complexity index is 951. The molecule has 0 spiro atoms. The number of benzene rings is 1. The number of rotatable bonds is 5. The average Bonchev–Trinajstić information content (AvgIpc) is 2.66. The van der Waals surface area contributed by atoms with Crippen LogP contribution in [-0.4, -0.2) is 25.2 Å². The number of carbonyl (C=O) groups is 1. The molecule has 2 unspecified atom stereocenters. The van der Waals surface area contributed by atoms with Crippen molar-refractivity contribution in [2.45, 2.75) is 57.7 Å². The summed E-state index contributed by atoms with van der Waals surface area (Å²) in [5.41, 5.74) is 0.878. The van der Waals surface area contributed by atoms with Crippen LogP contribution in [0.2, 0.25) is 0 Å². The summed E-state index contributed by atoms with van der Waals surface area (Å²) >= 11 is 0. The minimum atomic E-state index is -4.32. The molecule has 1 heterocycles. The molecule has 1 aliphatic carbocycles. The molecule has 29 heavy (non-hydrogen) atoms. The quantitative estimate of drug-likeness (QED) is 0.746. The fourth-order valence-corrected chi connectivity index (χ4v) is 4.00. The van der Waals surface area contributed by atoms with Crippen LogP contribution in [0, 0.1) is 12.8 Å². The van der Waals surface area contributed by atoms with Gasteiger partial charge in [0.05, 0.1) is 13.0 Å². The first kappa shape index (κ1) is 21.2. The average molecular weight is 411 g/mol. The third kappa shape index (κ3) is 4.74. The standard InChI is InChI=1S/C21H24F3NO4/c1-12-14-8-7-13(28-2)11-18(14)29-20(27)15(12)9-10-19(26)25-17-6-4-3-5-16(17)21(22,23)24/h7-8,11,16-17H,3-6,9-10H2,1-2H3,(H,25,26). The molecule has 2 aromatic rings. The molecule has 1 aliphatic rings. The second kappa shape index (κ2) is 8.47. The SMILES string of the molecule is COc1ccc2c(C)c(CCC(=O)NC3CCCCC3C(F)(F)F)c(=O)oc2c1. The zero-order chi connectivity index (χ0) is 21.2. The maximum Gasteiger partial charge on any atom is 0.393 e. The summed E-state index contributed by atoms with van der Waals surface area (Å²) in [7, 11) is 1.51.